The van der Waals surface area contributed by atoms with Gasteiger partial charge in [0.25, 0.3) is 5.69 Å². The van der Waals surface area contributed by atoms with Gasteiger partial charge in [0.2, 0.25) is 0 Å². The lowest BCUT2D eigenvalue weighted by Gasteiger charge is -2.19. The third-order valence-electron chi connectivity index (χ3n) is 3.10. The second-order valence-electron chi connectivity index (χ2n) is 4.81. The van der Waals surface area contributed by atoms with Crippen LogP contribution in [0.4, 0.5) is 5.69 Å². The summed E-state index contributed by atoms with van der Waals surface area (Å²) < 4.78 is 22.1. The number of aliphatic carboxylic acids is 1. The Balaban J connectivity index is 2.82. The normalized spacial score (nSPS) is 12.1. The molecule has 0 unspecified atom stereocenters. The Morgan fingerprint density at radius 3 is 2.20 bits per heavy atom. The third-order valence-corrected chi connectivity index (χ3v) is 5.57. The van der Waals surface area contributed by atoms with Gasteiger partial charge in [0.1, 0.15) is 0 Å². The van der Waals surface area contributed by atoms with E-state index in [1.165, 1.54) is 24.3 Å². The Morgan fingerprint density at radius 1 is 1.30 bits per heavy atom. The van der Waals surface area contributed by atoms with E-state index in [2.05, 4.69) is 0 Å². The zero-order valence-corrected chi connectivity index (χ0v) is 11.9. The summed E-state index contributed by atoms with van der Waals surface area (Å²) in [6.07, 6.45) is 0.108. The van der Waals surface area contributed by atoms with Crippen LogP contribution in [0, 0.1) is 10.1 Å². The lowest BCUT2D eigenvalue weighted by atomic mass is 10.1. The van der Waals surface area contributed by atoms with E-state index in [4.69, 9.17) is 5.11 Å². The minimum absolute atomic E-state index is 0.0810. The highest BCUT2D eigenvalue weighted by Crippen LogP contribution is 2.19. The van der Waals surface area contributed by atoms with Crippen LogP contribution in [-0.2, 0) is 21.1 Å². The fourth-order valence-corrected chi connectivity index (χ4v) is 2.71. The molecule has 0 saturated heterocycles. The van der Waals surface area contributed by atoms with Crippen molar-refractivity contribution in [2.45, 2.75) is 25.0 Å². The lowest BCUT2D eigenvalue weighted by molar-refractivity contribution is -0.384. The summed E-state index contributed by atoms with van der Waals surface area (Å²) in [7, 11) is -3.82. The maximum Gasteiger partial charge on any atom is 0.324 e. The molecule has 0 atom stereocenters. The van der Waals surface area contributed by atoms with Gasteiger partial charge < -0.3 is 5.11 Å². The van der Waals surface area contributed by atoms with Gasteiger partial charge >= 0.3 is 5.97 Å². The van der Waals surface area contributed by atoms with Gasteiger partial charge in [-0.15, -0.1) is 0 Å². The third kappa shape index (κ3) is 3.32. The van der Waals surface area contributed by atoms with Crippen LogP contribution >= 0.6 is 0 Å². The molecule has 0 saturated carbocycles. The van der Waals surface area contributed by atoms with E-state index in [1.807, 2.05) is 0 Å². The van der Waals surface area contributed by atoms with Crippen LogP contribution in [-0.4, -0.2) is 34.9 Å². The highest BCUT2D eigenvalue weighted by atomic mass is 32.2. The molecule has 1 N–H and O–H groups in total. The molecule has 0 aliphatic carbocycles. The van der Waals surface area contributed by atoms with Gasteiger partial charge in [0.05, 0.1) is 10.7 Å². The average Bonchev–Trinajstić information content (AvgIpc) is 2.36. The number of aryl methyl sites for hydroxylation is 1. The van der Waals surface area contributed by atoms with Crippen molar-refractivity contribution < 1.29 is 23.2 Å². The predicted octanol–water partition coefficient (Wildman–Crippen LogP) is 1.42. The van der Waals surface area contributed by atoms with Crippen LogP contribution in [0.3, 0.4) is 0 Å². The number of benzene rings is 1. The van der Waals surface area contributed by atoms with Crippen LogP contribution in [0.15, 0.2) is 24.3 Å². The van der Waals surface area contributed by atoms with E-state index in [-0.39, 0.29) is 17.9 Å². The van der Waals surface area contributed by atoms with E-state index in [1.54, 1.807) is 0 Å². The minimum atomic E-state index is -3.82. The fraction of sp³-hybridized carbons (Fsp3) is 0.417. The molecule has 0 aliphatic heterocycles. The molecular formula is C12H15NO6S. The number of carbonyl (C=O) groups is 1. The van der Waals surface area contributed by atoms with E-state index in [0.29, 0.717) is 5.56 Å². The molecular weight excluding hydrogens is 286 g/mol. The number of nitro benzene ring substituents is 1. The SMILES string of the molecule is CC(C)(C(=O)O)S(=O)(=O)CCc1ccc([N+](=O)[O-])cc1. The topological polar surface area (TPSA) is 115 Å². The Hall–Kier alpha value is -1.96. The molecule has 0 bridgehead atoms. The van der Waals surface area contributed by atoms with E-state index < -0.39 is 25.5 Å². The van der Waals surface area contributed by atoms with Crippen molar-refractivity contribution in [1.29, 1.82) is 0 Å². The molecule has 0 spiro atoms. The Labute approximate surface area is 116 Å². The molecule has 0 radical (unpaired) electrons. The molecule has 0 aliphatic rings. The summed E-state index contributed by atoms with van der Waals surface area (Å²) in [6.45, 7) is 2.28. The standard InChI is InChI=1S/C12H15NO6S/c1-12(2,11(14)15)20(18,19)8-7-9-3-5-10(6-4-9)13(16)17/h3-6H,7-8H2,1-2H3,(H,14,15). The molecule has 0 aromatic heterocycles. The molecule has 0 fully saturated rings. The number of carboxylic acid groups (broad SMARTS) is 1. The van der Waals surface area contributed by atoms with Gasteiger partial charge in [-0.3, -0.25) is 14.9 Å². The van der Waals surface area contributed by atoms with Crippen LogP contribution in [0.2, 0.25) is 0 Å². The van der Waals surface area contributed by atoms with Gasteiger partial charge in [-0.2, -0.15) is 0 Å². The number of nitrogens with zero attached hydrogens (tertiary/aromatic N) is 1. The Morgan fingerprint density at radius 2 is 1.80 bits per heavy atom. The van der Waals surface area contributed by atoms with Crippen molar-refractivity contribution >= 4 is 21.5 Å². The van der Waals surface area contributed by atoms with Crippen molar-refractivity contribution in [3.05, 3.63) is 39.9 Å². The van der Waals surface area contributed by atoms with Crippen molar-refractivity contribution in [2.75, 3.05) is 5.75 Å². The first-order valence-electron chi connectivity index (χ1n) is 5.77. The molecule has 7 nitrogen and oxygen atoms in total. The predicted molar refractivity (Wildman–Crippen MR) is 72.3 cm³/mol. The van der Waals surface area contributed by atoms with Crippen molar-refractivity contribution in [2.24, 2.45) is 0 Å². The minimum Gasteiger partial charge on any atom is -0.480 e. The number of hydrogen-bond donors (Lipinski definition) is 1. The average molecular weight is 301 g/mol. The van der Waals surface area contributed by atoms with Crippen molar-refractivity contribution in [3.8, 4) is 0 Å². The van der Waals surface area contributed by atoms with E-state index in [9.17, 15) is 23.3 Å². The van der Waals surface area contributed by atoms with Gasteiger partial charge in [-0.05, 0) is 25.8 Å². The van der Waals surface area contributed by atoms with E-state index in [0.717, 1.165) is 13.8 Å². The van der Waals surface area contributed by atoms with Gasteiger partial charge in [0.15, 0.2) is 14.6 Å². The molecule has 1 aromatic rings. The maximum atomic E-state index is 12.0. The molecule has 0 amide bonds. The van der Waals surface area contributed by atoms with Crippen LogP contribution < -0.4 is 0 Å². The summed E-state index contributed by atoms with van der Waals surface area (Å²) in [6, 6.07) is 5.48. The lowest BCUT2D eigenvalue weighted by Crippen LogP contribution is -2.42. The molecule has 1 rings (SSSR count). The quantitative estimate of drug-likeness (QED) is 0.627. The second-order valence-corrected chi connectivity index (χ2v) is 7.47. The summed E-state index contributed by atoms with van der Waals surface area (Å²) in [4.78, 5) is 20.9. The number of rotatable bonds is 6. The highest BCUT2D eigenvalue weighted by Gasteiger charge is 2.41. The fourth-order valence-electron chi connectivity index (χ4n) is 1.42. The van der Waals surface area contributed by atoms with Crippen molar-refractivity contribution in [1.82, 2.24) is 0 Å². The molecule has 110 valence electrons. The number of hydrogen-bond acceptors (Lipinski definition) is 5. The van der Waals surface area contributed by atoms with E-state index >= 15 is 0 Å². The summed E-state index contributed by atoms with van der Waals surface area (Å²) >= 11 is 0. The summed E-state index contributed by atoms with van der Waals surface area (Å²) in [5.41, 5.74) is 0.517. The first-order valence-corrected chi connectivity index (χ1v) is 7.42. The van der Waals surface area contributed by atoms with Crippen LogP contribution in [0.25, 0.3) is 0 Å². The first-order chi connectivity index (χ1) is 9.08. The van der Waals surface area contributed by atoms with Gasteiger partial charge in [-0.25, -0.2) is 8.42 Å². The smallest absolute Gasteiger partial charge is 0.324 e. The Bertz CT molecular complexity index is 618. The number of carboxylic acids is 1. The summed E-state index contributed by atoms with van der Waals surface area (Å²) in [5.74, 6) is -1.73. The monoisotopic (exact) mass is 301 g/mol. The number of nitro groups is 1. The van der Waals surface area contributed by atoms with Crippen molar-refractivity contribution in [3.63, 3.8) is 0 Å². The molecule has 1 aromatic carbocycles. The second kappa shape index (κ2) is 5.58. The first kappa shape index (κ1) is 16.1. The number of non-ortho nitro benzene ring substituents is 1. The van der Waals surface area contributed by atoms with Gasteiger partial charge in [-0.1, -0.05) is 12.1 Å². The largest absolute Gasteiger partial charge is 0.480 e. The van der Waals surface area contributed by atoms with Crippen LogP contribution in [0.5, 0.6) is 0 Å². The molecule has 8 heteroatoms. The zero-order valence-electron chi connectivity index (χ0n) is 11.1. The summed E-state index contributed by atoms with van der Waals surface area (Å²) in [5, 5.41) is 19.4. The van der Waals surface area contributed by atoms with Crippen LogP contribution in [0.1, 0.15) is 19.4 Å². The highest BCUT2D eigenvalue weighted by molar-refractivity contribution is 7.93. The maximum absolute atomic E-state index is 12.0. The molecule has 20 heavy (non-hydrogen) atoms. The molecule has 0 heterocycles. The zero-order chi connectivity index (χ0) is 15.6. The number of sulfone groups is 1. The van der Waals surface area contributed by atoms with Gasteiger partial charge in [0, 0.05) is 12.1 Å². The Kier molecular flexibility index (Phi) is 4.49.